The molecule has 0 unspecified atom stereocenters. The van der Waals surface area contributed by atoms with Gasteiger partial charge in [-0.15, -0.1) is 0 Å². The number of nitrogens with one attached hydrogen (secondary N) is 1. The number of nitrogens with zero attached hydrogens (tertiary/aromatic N) is 1. The lowest BCUT2D eigenvalue weighted by atomic mass is 10.1. The average molecular weight is 261 g/mol. The average Bonchev–Trinajstić information content (AvgIpc) is 2.43. The molecular formula is C14H19N3O2. The SMILES string of the molecule is COC(C)(C)CNC(=O)c1ncccc1C#CCN. The van der Waals surface area contributed by atoms with Gasteiger partial charge >= 0.3 is 0 Å². The van der Waals surface area contributed by atoms with Crippen LogP contribution in [0.5, 0.6) is 0 Å². The lowest BCUT2D eigenvalue weighted by molar-refractivity contribution is 0.0228. The van der Waals surface area contributed by atoms with E-state index in [2.05, 4.69) is 22.1 Å². The number of hydrogen-bond donors (Lipinski definition) is 2. The van der Waals surface area contributed by atoms with Crippen LogP contribution in [0, 0.1) is 11.8 Å². The molecule has 0 aliphatic carbocycles. The minimum absolute atomic E-state index is 0.243. The second-order valence-electron chi connectivity index (χ2n) is 4.55. The highest BCUT2D eigenvalue weighted by Gasteiger charge is 2.19. The molecule has 1 rings (SSSR count). The van der Waals surface area contributed by atoms with Crippen LogP contribution in [0.15, 0.2) is 18.3 Å². The number of carbonyl (C=O) groups is 1. The molecule has 5 nitrogen and oxygen atoms in total. The molecule has 0 aliphatic heterocycles. The number of amides is 1. The van der Waals surface area contributed by atoms with Gasteiger partial charge in [0.05, 0.1) is 17.7 Å². The van der Waals surface area contributed by atoms with Gasteiger partial charge < -0.3 is 15.8 Å². The van der Waals surface area contributed by atoms with Gasteiger partial charge in [-0.25, -0.2) is 4.98 Å². The van der Waals surface area contributed by atoms with Crippen molar-refractivity contribution < 1.29 is 9.53 Å². The summed E-state index contributed by atoms with van der Waals surface area (Å²) in [5.41, 5.74) is 5.77. The van der Waals surface area contributed by atoms with Gasteiger partial charge in [0.25, 0.3) is 5.91 Å². The van der Waals surface area contributed by atoms with Crippen molar-refractivity contribution in [3.05, 3.63) is 29.6 Å². The van der Waals surface area contributed by atoms with E-state index in [0.717, 1.165) is 0 Å². The van der Waals surface area contributed by atoms with Gasteiger partial charge in [-0.3, -0.25) is 4.79 Å². The molecule has 1 aromatic heterocycles. The van der Waals surface area contributed by atoms with Gasteiger partial charge in [-0.1, -0.05) is 11.8 Å². The van der Waals surface area contributed by atoms with E-state index >= 15 is 0 Å². The van der Waals surface area contributed by atoms with E-state index in [0.29, 0.717) is 17.8 Å². The molecule has 1 amide bonds. The Kier molecular flexibility index (Phi) is 5.49. The minimum Gasteiger partial charge on any atom is -0.377 e. The Labute approximate surface area is 113 Å². The molecule has 0 spiro atoms. The number of methoxy groups -OCH3 is 1. The number of hydrogen-bond acceptors (Lipinski definition) is 4. The summed E-state index contributed by atoms with van der Waals surface area (Å²) in [6.45, 7) is 4.41. The van der Waals surface area contributed by atoms with Crippen LogP contribution in [0.4, 0.5) is 0 Å². The quantitative estimate of drug-likeness (QED) is 0.776. The highest BCUT2D eigenvalue weighted by Crippen LogP contribution is 2.07. The Morgan fingerprint density at radius 3 is 2.95 bits per heavy atom. The zero-order valence-electron chi connectivity index (χ0n) is 11.5. The Morgan fingerprint density at radius 1 is 1.58 bits per heavy atom. The van der Waals surface area contributed by atoms with Crippen LogP contribution >= 0.6 is 0 Å². The van der Waals surface area contributed by atoms with E-state index in [1.165, 1.54) is 0 Å². The molecular weight excluding hydrogens is 242 g/mol. The summed E-state index contributed by atoms with van der Waals surface area (Å²) in [5.74, 6) is 5.28. The highest BCUT2D eigenvalue weighted by molar-refractivity contribution is 5.94. The third kappa shape index (κ3) is 4.70. The fourth-order valence-corrected chi connectivity index (χ4v) is 1.28. The van der Waals surface area contributed by atoms with Crippen molar-refractivity contribution in [1.29, 1.82) is 0 Å². The Balaban J connectivity index is 2.83. The van der Waals surface area contributed by atoms with Crippen molar-refractivity contribution in [2.45, 2.75) is 19.4 Å². The van der Waals surface area contributed by atoms with Gasteiger partial charge in [0.15, 0.2) is 0 Å². The monoisotopic (exact) mass is 261 g/mol. The van der Waals surface area contributed by atoms with E-state index in [1.54, 1.807) is 25.4 Å². The van der Waals surface area contributed by atoms with E-state index in [4.69, 9.17) is 10.5 Å². The van der Waals surface area contributed by atoms with Crippen molar-refractivity contribution >= 4 is 5.91 Å². The normalized spacial score (nSPS) is 10.5. The predicted molar refractivity (Wildman–Crippen MR) is 73.6 cm³/mol. The van der Waals surface area contributed by atoms with Crippen LogP contribution in [0.1, 0.15) is 29.9 Å². The third-order valence-corrected chi connectivity index (χ3v) is 2.58. The van der Waals surface area contributed by atoms with Crippen molar-refractivity contribution in [1.82, 2.24) is 10.3 Å². The Morgan fingerprint density at radius 2 is 2.32 bits per heavy atom. The molecule has 102 valence electrons. The molecule has 0 aliphatic rings. The standard InChI is InChI=1S/C14H19N3O2/c1-14(2,19-3)10-17-13(18)12-11(6-4-8-15)7-5-9-16-12/h5,7,9H,8,10,15H2,1-3H3,(H,17,18). The minimum atomic E-state index is -0.423. The second-order valence-corrected chi connectivity index (χ2v) is 4.55. The summed E-state index contributed by atoms with van der Waals surface area (Å²) >= 11 is 0. The number of nitrogens with two attached hydrogens (primary N) is 1. The summed E-state index contributed by atoms with van der Waals surface area (Å²) in [6, 6.07) is 3.47. The van der Waals surface area contributed by atoms with Crippen molar-refractivity contribution in [2.24, 2.45) is 5.73 Å². The number of ether oxygens (including phenoxy) is 1. The van der Waals surface area contributed by atoms with Crippen LogP contribution in [-0.4, -0.2) is 36.7 Å². The molecule has 0 radical (unpaired) electrons. The van der Waals surface area contributed by atoms with Crippen LogP contribution in [0.3, 0.4) is 0 Å². The summed E-state index contributed by atoms with van der Waals surface area (Å²) < 4.78 is 5.24. The Hall–Kier alpha value is -1.90. The summed E-state index contributed by atoms with van der Waals surface area (Å²) in [4.78, 5) is 16.1. The molecule has 0 fully saturated rings. The first-order valence-corrected chi connectivity index (χ1v) is 5.97. The second kappa shape index (κ2) is 6.88. The summed E-state index contributed by atoms with van der Waals surface area (Å²) in [6.07, 6.45) is 1.56. The van der Waals surface area contributed by atoms with E-state index in [-0.39, 0.29) is 12.5 Å². The molecule has 1 heterocycles. The largest absolute Gasteiger partial charge is 0.377 e. The zero-order chi connectivity index (χ0) is 14.3. The maximum Gasteiger partial charge on any atom is 0.271 e. The first-order chi connectivity index (χ1) is 9.00. The van der Waals surface area contributed by atoms with Gasteiger partial charge in [-0.05, 0) is 26.0 Å². The third-order valence-electron chi connectivity index (χ3n) is 2.58. The summed E-state index contributed by atoms with van der Waals surface area (Å²) in [5, 5.41) is 2.78. The van der Waals surface area contributed by atoms with Gasteiger partial charge in [0, 0.05) is 19.9 Å². The predicted octanol–water partition coefficient (Wildman–Crippen LogP) is 0.547. The number of aromatic nitrogens is 1. The molecule has 5 heteroatoms. The van der Waals surface area contributed by atoms with Crippen molar-refractivity contribution in [2.75, 3.05) is 20.2 Å². The number of rotatable bonds is 4. The van der Waals surface area contributed by atoms with E-state index < -0.39 is 5.60 Å². The zero-order valence-corrected chi connectivity index (χ0v) is 11.5. The molecule has 0 bridgehead atoms. The van der Waals surface area contributed by atoms with Crippen LogP contribution in [0.25, 0.3) is 0 Å². The fourth-order valence-electron chi connectivity index (χ4n) is 1.28. The van der Waals surface area contributed by atoms with Crippen LogP contribution in [0.2, 0.25) is 0 Å². The first kappa shape index (κ1) is 15.2. The molecule has 0 aromatic carbocycles. The highest BCUT2D eigenvalue weighted by atomic mass is 16.5. The number of carbonyl (C=O) groups excluding carboxylic acids is 1. The molecule has 0 saturated heterocycles. The van der Waals surface area contributed by atoms with Crippen molar-refractivity contribution in [3.8, 4) is 11.8 Å². The number of pyridine rings is 1. The lowest BCUT2D eigenvalue weighted by Gasteiger charge is -2.23. The van der Waals surface area contributed by atoms with E-state index in [9.17, 15) is 4.79 Å². The molecule has 19 heavy (non-hydrogen) atoms. The Bertz CT molecular complexity index is 501. The molecule has 3 N–H and O–H groups in total. The topological polar surface area (TPSA) is 77.2 Å². The van der Waals surface area contributed by atoms with Crippen molar-refractivity contribution in [3.63, 3.8) is 0 Å². The lowest BCUT2D eigenvalue weighted by Crippen LogP contribution is -2.40. The first-order valence-electron chi connectivity index (χ1n) is 5.97. The van der Waals surface area contributed by atoms with E-state index in [1.807, 2.05) is 13.8 Å². The van der Waals surface area contributed by atoms with Gasteiger partial charge in [-0.2, -0.15) is 0 Å². The van der Waals surface area contributed by atoms with Gasteiger partial charge in [0.1, 0.15) is 5.69 Å². The molecule has 0 saturated carbocycles. The molecule has 1 aromatic rings. The van der Waals surface area contributed by atoms with Crippen LogP contribution < -0.4 is 11.1 Å². The maximum atomic E-state index is 12.1. The smallest absolute Gasteiger partial charge is 0.271 e. The summed E-state index contributed by atoms with van der Waals surface area (Å²) in [7, 11) is 1.60. The maximum absolute atomic E-state index is 12.1. The van der Waals surface area contributed by atoms with Gasteiger partial charge in [0.2, 0.25) is 0 Å². The molecule has 0 atom stereocenters. The van der Waals surface area contributed by atoms with Crippen LogP contribution in [-0.2, 0) is 4.74 Å². The fraction of sp³-hybridized carbons (Fsp3) is 0.429.